The van der Waals surface area contributed by atoms with Gasteiger partial charge in [0.2, 0.25) is 0 Å². The SMILES string of the molecule is c1ccc(-c2cccc(N(c3cc4ccc5ccccc5c4c4ccccc34)c3cccc4oc5c6ccccc6ccc5c34)c2)cc1. The molecule has 10 rings (SSSR count). The lowest BCUT2D eigenvalue weighted by Gasteiger charge is -2.29. The predicted molar refractivity (Wildman–Crippen MR) is 204 cm³/mol. The fourth-order valence-electron chi connectivity index (χ4n) is 7.63. The molecule has 0 bridgehead atoms. The van der Waals surface area contributed by atoms with E-state index in [2.05, 4.69) is 181 Å². The molecule has 0 fully saturated rings. The highest BCUT2D eigenvalue weighted by Crippen LogP contribution is 2.48. The van der Waals surface area contributed by atoms with Gasteiger partial charge in [-0.25, -0.2) is 0 Å². The van der Waals surface area contributed by atoms with E-state index >= 15 is 0 Å². The minimum Gasteiger partial charge on any atom is -0.455 e. The maximum absolute atomic E-state index is 6.70. The number of anilines is 3. The van der Waals surface area contributed by atoms with E-state index in [1.54, 1.807) is 0 Å². The molecule has 1 heterocycles. The third kappa shape index (κ3) is 4.06. The topological polar surface area (TPSA) is 16.4 Å². The van der Waals surface area contributed by atoms with Crippen LogP contribution in [-0.2, 0) is 0 Å². The Balaban J connectivity index is 1.33. The Morgan fingerprint density at radius 1 is 0.354 bits per heavy atom. The molecule has 10 aromatic rings. The molecule has 48 heavy (non-hydrogen) atoms. The van der Waals surface area contributed by atoms with Crippen LogP contribution in [0.3, 0.4) is 0 Å². The van der Waals surface area contributed by atoms with Gasteiger partial charge < -0.3 is 9.32 Å². The van der Waals surface area contributed by atoms with Gasteiger partial charge in [-0.05, 0) is 79.8 Å². The van der Waals surface area contributed by atoms with Crippen molar-refractivity contribution in [1.82, 2.24) is 0 Å². The molecule has 0 aliphatic heterocycles. The lowest BCUT2D eigenvalue weighted by molar-refractivity contribution is 0.672. The first kappa shape index (κ1) is 26.8. The van der Waals surface area contributed by atoms with Crippen LogP contribution in [0.1, 0.15) is 0 Å². The second kappa shape index (κ2) is 10.6. The van der Waals surface area contributed by atoms with Gasteiger partial charge in [0.05, 0.1) is 16.8 Å². The zero-order valence-corrected chi connectivity index (χ0v) is 26.1. The highest BCUT2D eigenvalue weighted by molar-refractivity contribution is 6.25. The second-order valence-electron chi connectivity index (χ2n) is 12.5. The van der Waals surface area contributed by atoms with E-state index in [1.807, 2.05) is 0 Å². The monoisotopic (exact) mass is 611 g/mol. The van der Waals surface area contributed by atoms with Crippen LogP contribution in [0, 0.1) is 0 Å². The van der Waals surface area contributed by atoms with Crippen molar-refractivity contribution in [3.05, 3.63) is 176 Å². The van der Waals surface area contributed by atoms with Gasteiger partial charge in [-0.3, -0.25) is 0 Å². The summed E-state index contributed by atoms with van der Waals surface area (Å²) in [5.74, 6) is 0. The molecule has 0 N–H and O–H groups in total. The summed E-state index contributed by atoms with van der Waals surface area (Å²) in [4.78, 5) is 2.44. The molecule has 0 aliphatic carbocycles. The molecule has 0 saturated carbocycles. The largest absolute Gasteiger partial charge is 0.455 e. The quantitative estimate of drug-likeness (QED) is 0.184. The molecule has 0 spiro atoms. The lowest BCUT2D eigenvalue weighted by atomic mass is 9.94. The van der Waals surface area contributed by atoms with E-state index in [0.29, 0.717) is 0 Å². The molecule has 0 atom stereocenters. The zero-order chi connectivity index (χ0) is 31.6. The molecule has 0 saturated heterocycles. The molecular formula is C46H29NO. The fraction of sp³-hybridized carbons (Fsp3) is 0. The van der Waals surface area contributed by atoms with Crippen LogP contribution in [0.15, 0.2) is 180 Å². The van der Waals surface area contributed by atoms with Crippen molar-refractivity contribution in [2.75, 3.05) is 4.90 Å². The molecule has 0 radical (unpaired) electrons. The Bertz CT molecular complexity index is 2850. The first-order valence-electron chi connectivity index (χ1n) is 16.4. The summed E-state index contributed by atoms with van der Waals surface area (Å²) in [6.07, 6.45) is 0. The maximum Gasteiger partial charge on any atom is 0.143 e. The van der Waals surface area contributed by atoms with Crippen molar-refractivity contribution in [2.24, 2.45) is 0 Å². The van der Waals surface area contributed by atoms with Crippen LogP contribution in [0.5, 0.6) is 0 Å². The molecule has 2 nitrogen and oxygen atoms in total. The smallest absolute Gasteiger partial charge is 0.143 e. The maximum atomic E-state index is 6.70. The first-order valence-corrected chi connectivity index (χ1v) is 16.4. The molecule has 0 aliphatic rings. The minimum absolute atomic E-state index is 0.874. The standard InChI is InChI=1S/C46H29NO/c1-2-12-30(13-3-1)33-16-10-17-35(28-33)47(41-22-11-23-43-45(41)40-27-26-32-15-5-7-19-37(32)46(40)48-43)42-29-34-25-24-31-14-4-6-18-36(31)44(34)39-21-9-8-20-38(39)42/h1-29H. The van der Waals surface area contributed by atoms with Crippen molar-refractivity contribution < 1.29 is 4.42 Å². The molecule has 9 aromatic carbocycles. The summed E-state index contributed by atoms with van der Waals surface area (Å²) in [7, 11) is 0. The fourth-order valence-corrected chi connectivity index (χ4v) is 7.63. The highest BCUT2D eigenvalue weighted by atomic mass is 16.3. The van der Waals surface area contributed by atoms with Gasteiger partial charge in [0.15, 0.2) is 0 Å². The van der Waals surface area contributed by atoms with E-state index in [0.717, 1.165) is 44.4 Å². The molecule has 2 heteroatoms. The number of furan rings is 1. The highest BCUT2D eigenvalue weighted by Gasteiger charge is 2.23. The predicted octanol–water partition coefficient (Wildman–Crippen LogP) is 13.3. The van der Waals surface area contributed by atoms with E-state index in [4.69, 9.17) is 4.42 Å². The molecule has 1 aromatic heterocycles. The van der Waals surface area contributed by atoms with Crippen LogP contribution in [-0.4, -0.2) is 0 Å². The molecule has 224 valence electrons. The Morgan fingerprint density at radius 2 is 1.00 bits per heavy atom. The first-order chi connectivity index (χ1) is 23.8. The average molecular weight is 612 g/mol. The summed E-state index contributed by atoms with van der Waals surface area (Å²) < 4.78 is 6.70. The Kier molecular flexibility index (Phi) is 5.91. The normalized spacial score (nSPS) is 11.8. The summed E-state index contributed by atoms with van der Waals surface area (Å²) in [5, 5.41) is 11.9. The van der Waals surface area contributed by atoms with Crippen molar-refractivity contribution in [2.45, 2.75) is 0 Å². The van der Waals surface area contributed by atoms with Crippen LogP contribution >= 0.6 is 0 Å². The molecule has 0 unspecified atom stereocenters. The van der Waals surface area contributed by atoms with E-state index < -0.39 is 0 Å². The van der Waals surface area contributed by atoms with Gasteiger partial charge in [0, 0.05) is 21.8 Å². The Hall–Kier alpha value is -6.38. The summed E-state index contributed by atoms with van der Waals surface area (Å²) in [6, 6.07) is 63.3. The zero-order valence-electron chi connectivity index (χ0n) is 26.1. The third-order valence-electron chi connectivity index (χ3n) is 9.78. The number of nitrogens with zero attached hydrogens (tertiary/aromatic N) is 1. The Morgan fingerprint density at radius 3 is 1.85 bits per heavy atom. The van der Waals surface area contributed by atoms with Crippen LogP contribution in [0.2, 0.25) is 0 Å². The number of rotatable bonds is 4. The van der Waals surface area contributed by atoms with Crippen molar-refractivity contribution in [1.29, 1.82) is 0 Å². The van der Waals surface area contributed by atoms with Crippen molar-refractivity contribution in [3.63, 3.8) is 0 Å². The average Bonchev–Trinajstić information content (AvgIpc) is 3.55. The van der Waals surface area contributed by atoms with Gasteiger partial charge in [-0.1, -0.05) is 140 Å². The summed E-state index contributed by atoms with van der Waals surface area (Å²) >= 11 is 0. The van der Waals surface area contributed by atoms with Gasteiger partial charge in [-0.15, -0.1) is 0 Å². The van der Waals surface area contributed by atoms with Crippen LogP contribution in [0.4, 0.5) is 17.1 Å². The number of hydrogen-bond donors (Lipinski definition) is 0. The number of fused-ring (bicyclic) bond motifs is 10. The van der Waals surface area contributed by atoms with Gasteiger partial charge in [0.25, 0.3) is 0 Å². The molecular weight excluding hydrogens is 583 g/mol. The van der Waals surface area contributed by atoms with Gasteiger partial charge in [-0.2, -0.15) is 0 Å². The number of hydrogen-bond acceptors (Lipinski definition) is 2. The second-order valence-corrected chi connectivity index (χ2v) is 12.5. The lowest BCUT2D eigenvalue weighted by Crippen LogP contribution is -2.11. The molecule has 0 amide bonds. The Labute approximate surface area is 277 Å². The van der Waals surface area contributed by atoms with Crippen LogP contribution in [0.25, 0.3) is 76.2 Å². The van der Waals surface area contributed by atoms with E-state index in [-0.39, 0.29) is 0 Å². The third-order valence-corrected chi connectivity index (χ3v) is 9.78. The number of benzene rings is 9. The summed E-state index contributed by atoms with van der Waals surface area (Å²) in [5.41, 5.74) is 7.45. The summed E-state index contributed by atoms with van der Waals surface area (Å²) in [6.45, 7) is 0. The van der Waals surface area contributed by atoms with E-state index in [1.165, 1.54) is 48.8 Å². The van der Waals surface area contributed by atoms with Gasteiger partial charge >= 0.3 is 0 Å². The van der Waals surface area contributed by atoms with Gasteiger partial charge in [0.1, 0.15) is 11.2 Å². The van der Waals surface area contributed by atoms with Crippen molar-refractivity contribution >= 4 is 82.1 Å². The van der Waals surface area contributed by atoms with Crippen molar-refractivity contribution in [3.8, 4) is 11.1 Å². The van der Waals surface area contributed by atoms with Crippen LogP contribution < -0.4 is 4.90 Å². The minimum atomic E-state index is 0.874. The van der Waals surface area contributed by atoms with E-state index in [9.17, 15) is 0 Å².